The molecule has 8 heteroatoms. The minimum atomic E-state index is 0.744. The van der Waals surface area contributed by atoms with Crippen molar-refractivity contribution in [2.75, 3.05) is 38.8 Å². The van der Waals surface area contributed by atoms with Crippen LogP contribution in [0.3, 0.4) is 0 Å². The van der Waals surface area contributed by atoms with Crippen LogP contribution in [0.1, 0.15) is 18.3 Å². The number of anilines is 2. The van der Waals surface area contributed by atoms with Gasteiger partial charge in [-0.3, -0.25) is 9.67 Å². The highest BCUT2D eigenvalue weighted by molar-refractivity contribution is 5.83. The Morgan fingerprint density at radius 1 is 0.971 bits per heavy atom. The molecule has 0 aliphatic rings. The maximum Gasteiger partial charge on any atom is 0.124 e. The average molecular weight is 461 g/mol. The van der Waals surface area contributed by atoms with Gasteiger partial charge in [0.1, 0.15) is 11.5 Å². The lowest BCUT2D eigenvalue weighted by Crippen LogP contribution is -2.28. The van der Waals surface area contributed by atoms with Crippen LogP contribution in [0.2, 0.25) is 0 Å². The number of nitrogens with one attached hydrogen (secondary N) is 1. The molecule has 0 aliphatic heterocycles. The SMILES string of the molecule is CCNCCN(c1cc(OC)cc(OC)c1)c1ccc2ncc(-c3c(C)nn(C)c3C)nc2c1. The van der Waals surface area contributed by atoms with Gasteiger partial charge in [0, 0.05) is 61.0 Å². The van der Waals surface area contributed by atoms with E-state index in [-0.39, 0.29) is 0 Å². The fourth-order valence-corrected chi connectivity index (χ4v) is 4.16. The molecule has 8 nitrogen and oxygen atoms in total. The first kappa shape index (κ1) is 23.5. The highest BCUT2D eigenvalue weighted by Gasteiger charge is 2.16. The molecule has 1 N–H and O–H groups in total. The van der Waals surface area contributed by atoms with Gasteiger partial charge >= 0.3 is 0 Å². The Morgan fingerprint density at radius 3 is 2.32 bits per heavy atom. The van der Waals surface area contributed by atoms with Crippen molar-refractivity contribution in [3.8, 4) is 22.8 Å². The molecule has 178 valence electrons. The van der Waals surface area contributed by atoms with Gasteiger partial charge in [-0.25, -0.2) is 4.98 Å². The fourth-order valence-electron chi connectivity index (χ4n) is 4.16. The highest BCUT2D eigenvalue weighted by atomic mass is 16.5. The molecule has 0 bridgehead atoms. The summed E-state index contributed by atoms with van der Waals surface area (Å²) in [4.78, 5) is 11.9. The number of rotatable bonds is 9. The van der Waals surface area contributed by atoms with E-state index in [9.17, 15) is 0 Å². The van der Waals surface area contributed by atoms with Gasteiger partial charge in [0.15, 0.2) is 0 Å². The van der Waals surface area contributed by atoms with Gasteiger partial charge in [-0.2, -0.15) is 5.10 Å². The number of methoxy groups -OCH3 is 2. The van der Waals surface area contributed by atoms with Gasteiger partial charge in [0.05, 0.1) is 42.8 Å². The Morgan fingerprint density at radius 2 is 1.71 bits per heavy atom. The van der Waals surface area contributed by atoms with Gasteiger partial charge in [-0.1, -0.05) is 6.92 Å². The van der Waals surface area contributed by atoms with Crippen LogP contribution in [0.5, 0.6) is 11.5 Å². The number of hydrogen-bond donors (Lipinski definition) is 1. The molecule has 0 atom stereocenters. The van der Waals surface area contributed by atoms with Gasteiger partial charge < -0.3 is 19.7 Å². The summed E-state index contributed by atoms with van der Waals surface area (Å²) in [5.74, 6) is 1.49. The smallest absolute Gasteiger partial charge is 0.124 e. The quantitative estimate of drug-likeness (QED) is 0.371. The fraction of sp³-hybridized carbons (Fsp3) is 0.346. The second kappa shape index (κ2) is 10.1. The van der Waals surface area contributed by atoms with E-state index in [0.717, 1.165) is 76.2 Å². The molecule has 0 saturated carbocycles. The molecule has 0 fully saturated rings. The van der Waals surface area contributed by atoms with Crippen molar-refractivity contribution in [1.29, 1.82) is 0 Å². The van der Waals surface area contributed by atoms with Crippen molar-refractivity contribution >= 4 is 22.4 Å². The number of nitrogens with zero attached hydrogens (tertiary/aromatic N) is 5. The number of aryl methyl sites for hydroxylation is 2. The number of likely N-dealkylation sites (N-methyl/N-ethyl adjacent to an activating group) is 1. The lowest BCUT2D eigenvalue weighted by Gasteiger charge is -2.26. The topological polar surface area (TPSA) is 77.3 Å². The molecule has 0 aliphatic carbocycles. The summed E-state index contributed by atoms with van der Waals surface area (Å²) in [5.41, 5.74) is 7.56. The Bertz CT molecular complexity index is 1280. The molecule has 2 heterocycles. The number of ether oxygens (including phenoxy) is 2. The molecular weight excluding hydrogens is 428 g/mol. The molecule has 2 aromatic heterocycles. The van der Waals surface area contributed by atoms with Crippen LogP contribution in [0.4, 0.5) is 11.4 Å². The third kappa shape index (κ3) is 4.68. The first-order valence-corrected chi connectivity index (χ1v) is 11.4. The minimum absolute atomic E-state index is 0.744. The van der Waals surface area contributed by atoms with Gasteiger partial charge in [-0.05, 0) is 38.6 Å². The molecule has 0 saturated heterocycles. The van der Waals surface area contributed by atoms with Crippen molar-refractivity contribution in [1.82, 2.24) is 25.1 Å². The molecule has 0 spiro atoms. The normalized spacial score (nSPS) is 11.1. The Hall–Kier alpha value is -3.65. The number of fused-ring (bicyclic) bond motifs is 1. The van der Waals surface area contributed by atoms with Crippen LogP contribution in [0.15, 0.2) is 42.6 Å². The van der Waals surface area contributed by atoms with E-state index >= 15 is 0 Å². The van der Waals surface area contributed by atoms with Crippen molar-refractivity contribution in [3.05, 3.63) is 54.0 Å². The predicted molar refractivity (Wildman–Crippen MR) is 136 cm³/mol. The third-order valence-electron chi connectivity index (χ3n) is 6.01. The van der Waals surface area contributed by atoms with E-state index in [1.165, 1.54) is 0 Å². The molecule has 0 unspecified atom stereocenters. The van der Waals surface area contributed by atoms with E-state index in [4.69, 9.17) is 14.5 Å². The van der Waals surface area contributed by atoms with Crippen LogP contribution in [0.25, 0.3) is 22.3 Å². The minimum Gasteiger partial charge on any atom is -0.497 e. The first-order chi connectivity index (χ1) is 16.4. The largest absolute Gasteiger partial charge is 0.497 e. The zero-order chi connectivity index (χ0) is 24.2. The zero-order valence-corrected chi connectivity index (χ0v) is 20.7. The van der Waals surface area contributed by atoms with Crippen molar-refractivity contribution in [2.45, 2.75) is 20.8 Å². The number of hydrogen-bond acceptors (Lipinski definition) is 7. The van der Waals surface area contributed by atoms with E-state index in [1.54, 1.807) is 14.2 Å². The van der Waals surface area contributed by atoms with Gasteiger partial charge in [-0.15, -0.1) is 0 Å². The lowest BCUT2D eigenvalue weighted by molar-refractivity contribution is 0.394. The summed E-state index contributed by atoms with van der Waals surface area (Å²) in [7, 11) is 5.28. The van der Waals surface area contributed by atoms with Crippen LogP contribution in [0, 0.1) is 13.8 Å². The molecule has 4 rings (SSSR count). The molecule has 4 aromatic rings. The van der Waals surface area contributed by atoms with E-state index in [2.05, 4.69) is 46.3 Å². The predicted octanol–water partition coefficient (Wildman–Crippen LogP) is 4.41. The first-order valence-electron chi connectivity index (χ1n) is 11.4. The molecular formula is C26H32N6O2. The Kier molecular flexibility index (Phi) is 6.98. The van der Waals surface area contributed by atoms with Crippen LogP contribution < -0.4 is 19.7 Å². The summed E-state index contributed by atoms with van der Waals surface area (Å²) in [5, 5.41) is 7.95. The summed E-state index contributed by atoms with van der Waals surface area (Å²) in [6, 6.07) is 12.1. The highest BCUT2D eigenvalue weighted by Crippen LogP contribution is 2.34. The summed E-state index contributed by atoms with van der Waals surface area (Å²) < 4.78 is 12.9. The zero-order valence-electron chi connectivity index (χ0n) is 20.7. The second-order valence-corrected chi connectivity index (χ2v) is 8.17. The van der Waals surface area contributed by atoms with Crippen LogP contribution in [-0.2, 0) is 7.05 Å². The summed E-state index contributed by atoms with van der Waals surface area (Å²) >= 11 is 0. The lowest BCUT2D eigenvalue weighted by atomic mass is 10.1. The second-order valence-electron chi connectivity index (χ2n) is 8.17. The van der Waals surface area contributed by atoms with Crippen molar-refractivity contribution in [3.63, 3.8) is 0 Å². The maximum absolute atomic E-state index is 5.52. The van der Waals surface area contributed by atoms with Crippen molar-refractivity contribution in [2.24, 2.45) is 7.05 Å². The third-order valence-corrected chi connectivity index (χ3v) is 6.01. The van der Waals surface area contributed by atoms with E-state index in [1.807, 2.05) is 49.1 Å². The molecule has 2 aromatic carbocycles. The maximum atomic E-state index is 5.52. The van der Waals surface area contributed by atoms with Crippen molar-refractivity contribution < 1.29 is 9.47 Å². The summed E-state index contributed by atoms with van der Waals surface area (Å²) in [6.45, 7) is 8.66. The number of aromatic nitrogens is 4. The molecule has 0 radical (unpaired) electrons. The number of benzene rings is 2. The van der Waals surface area contributed by atoms with E-state index < -0.39 is 0 Å². The monoisotopic (exact) mass is 460 g/mol. The van der Waals surface area contributed by atoms with Crippen LogP contribution in [-0.4, -0.2) is 53.6 Å². The van der Waals surface area contributed by atoms with Crippen LogP contribution >= 0.6 is 0 Å². The van der Waals surface area contributed by atoms with Gasteiger partial charge in [0.25, 0.3) is 0 Å². The van der Waals surface area contributed by atoms with Gasteiger partial charge in [0.2, 0.25) is 0 Å². The average Bonchev–Trinajstić information content (AvgIpc) is 3.11. The summed E-state index contributed by atoms with van der Waals surface area (Å²) in [6.07, 6.45) is 1.83. The molecule has 34 heavy (non-hydrogen) atoms. The standard InChI is InChI=1S/C26H32N6O2/c1-7-27-10-11-32(20-12-21(33-5)15-22(13-20)34-6)19-8-9-23-24(14-19)29-25(16-28-23)26-17(2)30-31(4)18(26)3/h8-9,12-16,27H,7,10-11H2,1-6H3. The Balaban J connectivity index is 1.80. The molecule has 0 amide bonds. The van der Waals surface area contributed by atoms with E-state index in [0.29, 0.717) is 0 Å². The Labute approximate surface area is 200 Å².